The smallest absolute Gasteiger partial charge is 0.203 e. The Balaban J connectivity index is 2.50. The summed E-state index contributed by atoms with van der Waals surface area (Å²) < 4.78 is 4.80. The molecule has 1 rings (SSSR count). The molecule has 0 bridgehead atoms. The highest BCUT2D eigenvalue weighted by Gasteiger charge is 2.11. The van der Waals surface area contributed by atoms with E-state index >= 15 is 0 Å². The number of furan rings is 1. The van der Waals surface area contributed by atoms with Crippen LogP contribution in [0.2, 0.25) is 5.22 Å². The first-order chi connectivity index (χ1) is 6.25. The summed E-state index contributed by atoms with van der Waals surface area (Å²) in [7, 11) is 0. The van der Waals surface area contributed by atoms with Crippen LogP contribution in [0.5, 0.6) is 0 Å². The summed E-state index contributed by atoms with van der Waals surface area (Å²) in [4.78, 5) is 11.4. The van der Waals surface area contributed by atoms with Crippen molar-refractivity contribution in [2.24, 2.45) is 0 Å². The molecule has 68 valence electrons. The zero-order chi connectivity index (χ0) is 9.68. The molecule has 2 nitrogen and oxygen atoms in total. The lowest BCUT2D eigenvalue weighted by Gasteiger charge is -1.94. The van der Waals surface area contributed by atoms with Crippen LogP contribution in [-0.2, 0) is 0 Å². The van der Waals surface area contributed by atoms with E-state index in [4.69, 9.17) is 22.4 Å². The molecule has 3 heteroatoms. The van der Waals surface area contributed by atoms with Crippen molar-refractivity contribution in [1.29, 1.82) is 0 Å². The molecule has 0 aliphatic heterocycles. The Bertz CT molecular complexity index is 333. The van der Waals surface area contributed by atoms with E-state index in [0.29, 0.717) is 24.8 Å². The molecule has 0 fully saturated rings. The molecule has 0 radical (unpaired) electrons. The van der Waals surface area contributed by atoms with Gasteiger partial charge < -0.3 is 4.42 Å². The monoisotopic (exact) mass is 196 g/mol. The minimum atomic E-state index is -0.0194. The second-order valence-electron chi connectivity index (χ2n) is 2.59. The van der Waals surface area contributed by atoms with Gasteiger partial charge in [0.25, 0.3) is 0 Å². The van der Waals surface area contributed by atoms with Crippen LogP contribution in [0.4, 0.5) is 0 Å². The van der Waals surface area contributed by atoms with Crippen molar-refractivity contribution >= 4 is 17.4 Å². The summed E-state index contributed by atoms with van der Waals surface area (Å²) in [6.45, 7) is 0. The normalized spacial score (nSPS) is 9.54. The van der Waals surface area contributed by atoms with Gasteiger partial charge in [0.05, 0.1) is 11.8 Å². The summed E-state index contributed by atoms with van der Waals surface area (Å²) in [6, 6.07) is 1.57. The van der Waals surface area contributed by atoms with Gasteiger partial charge in [-0.2, -0.15) is 0 Å². The number of carbonyl (C=O) groups excluding carboxylic acids is 1. The highest BCUT2D eigenvalue weighted by molar-refractivity contribution is 6.32. The highest BCUT2D eigenvalue weighted by Crippen LogP contribution is 2.18. The van der Waals surface area contributed by atoms with Gasteiger partial charge in [0.15, 0.2) is 5.78 Å². The molecule has 0 N–H and O–H groups in total. The molecule has 13 heavy (non-hydrogen) atoms. The summed E-state index contributed by atoms with van der Waals surface area (Å²) >= 11 is 5.62. The van der Waals surface area contributed by atoms with E-state index in [9.17, 15) is 4.79 Å². The van der Waals surface area contributed by atoms with E-state index in [1.807, 2.05) is 0 Å². The topological polar surface area (TPSA) is 30.2 Å². The van der Waals surface area contributed by atoms with Crippen LogP contribution < -0.4 is 0 Å². The van der Waals surface area contributed by atoms with Crippen LogP contribution in [0.3, 0.4) is 0 Å². The van der Waals surface area contributed by atoms with Gasteiger partial charge in [-0.3, -0.25) is 4.79 Å². The third-order valence-electron chi connectivity index (χ3n) is 1.64. The molecule has 0 aromatic carbocycles. The number of ketones is 1. The lowest BCUT2D eigenvalue weighted by Crippen LogP contribution is -1.97. The second kappa shape index (κ2) is 4.74. The van der Waals surface area contributed by atoms with Gasteiger partial charge >= 0.3 is 0 Å². The molecule has 1 aromatic heterocycles. The van der Waals surface area contributed by atoms with Gasteiger partial charge in [0, 0.05) is 12.8 Å². The Labute approximate surface area is 81.9 Å². The number of Topliss-reactive ketones (excluding diaryl/α,β-unsaturated/α-hetero) is 1. The second-order valence-corrected chi connectivity index (χ2v) is 2.93. The molecular formula is C10H9ClO2. The molecule has 0 aliphatic rings. The van der Waals surface area contributed by atoms with E-state index < -0.39 is 0 Å². The first-order valence-electron chi connectivity index (χ1n) is 3.95. The van der Waals surface area contributed by atoms with E-state index in [-0.39, 0.29) is 11.0 Å². The fraction of sp³-hybridized carbons (Fsp3) is 0.300. The highest BCUT2D eigenvalue weighted by atomic mass is 35.5. The Morgan fingerprint density at radius 1 is 1.69 bits per heavy atom. The molecule has 1 aromatic rings. The fourth-order valence-corrected chi connectivity index (χ4v) is 1.20. The van der Waals surface area contributed by atoms with E-state index in [1.54, 1.807) is 6.07 Å². The van der Waals surface area contributed by atoms with Gasteiger partial charge in [-0.25, -0.2) is 0 Å². The maximum absolute atomic E-state index is 11.4. The molecule has 0 saturated heterocycles. The Kier molecular flexibility index (Phi) is 3.60. The van der Waals surface area contributed by atoms with Crippen molar-refractivity contribution in [1.82, 2.24) is 0 Å². The van der Waals surface area contributed by atoms with E-state index in [2.05, 4.69) is 5.92 Å². The number of unbranched alkanes of at least 4 members (excludes halogenated alkanes) is 1. The maximum Gasteiger partial charge on any atom is 0.203 e. The summed E-state index contributed by atoms with van der Waals surface area (Å²) in [5, 5.41) is 0.158. The van der Waals surface area contributed by atoms with Gasteiger partial charge in [-0.1, -0.05) is 0 Å². The number of hydrogen-bond acceptors (Lipinski definition) is 2. The molecule has 0 saturated carbocycles. The van der Waals surface area contributed by atoms with Crippen molar-refractivity contribution in [3.63, 3.8) is 0 Å². The molecule has 0 aliphatic carbocycles. The van der Waals surface area contributed by atoms with Crippen LogP contribution in [0, 0.1) is 12.3 Å². The minimum absolute atomic E-state index is 0.0194. The zero-order valence-corrected chi connectivity index (χ0v) is 7.80. The molecule has 1 heterocycles. The van der Waals surface area contributed by atoms with Gasteiger partial charge in [-0.05, 0) is 24.1 Å². The lowest BCUT2D eigenvalue weighted by molar-refractivity contribution is 0.0980. The Morgan fingerprint density at radius 2 is 2.46 bits per heavy atom. The van der Waals surface area contributed by atoms with E-state index in [0.717, 1.165) is 0 Å². The van der Waals surface area contributed by atoms with Crippen LogP contribution in [0.1, 0.15) is 29.6 Å². The number of halogens is 1. The molecular weight excluding hydrogens is 188 g/mol. The Hall–Kier alpha value is -1.20. The minimum Gasteiger partial charge on any atom is -0.452 e. The summed E-state index contributed by atoms with van der Waals surface area (Å²) in [5.74, 6) is 2.45. The number of carbonyl (C=O) groups is 1. The first-order valence-corrected chi connectivity index (χ1v) is 4.33. The molecule has 0 unspecified atom stereocenters. The van der Waals surface area contributed by atoms with Crippen molar-refractivity contribution in [2.45, 2.75) is 19.3 Å². The maximum atomic E-state index is 11.4. The predicted octanol–water partition coefficient (Wildman–Crippen LogP) is 2.92. The molecule has 0 amide bonds. The zero-order valence-electron chi connectivity index (χ0n) is 7.05. The number of rotatable bonds is 4. The number of terminal acetylenes is 1. The van der Waals surface area contributed by atoms with Crippen LogP contribution >= 0.6 is 11.6 Å². The SMILES string of the molecule is C#CCCCC(=O)c1ccoc1Cl. The van der Waals surface area contributed by atoms with Gasteiger partial charge in [0.1, 0.15) is 0 Å². The first kappa shape index (κ1) is 9.88. The van der Waals surface area contributed by atoms with Crippen molar-refractivity contribution in [2.75, 3.05) is 0 Å². The Morgan fingerprint density at radius 3 is 3.00 bits per heavy atom. The third kappa shape index (κ3) is 2.64. The predicted molar refractivity (Wildman–Crippen MR) is 50.7 cm³/mol. The summed E-state index contributed by atoms with van der Waals surface area (Å²) in [6.07, 6.45) is 8.18. The fourth-order valence-electron chi connectivity index (χ4n) is 0.979. The van der Waals surface area contributed by atoms with Crippen LogP contribution in [0.15, 0.2) is 16.7 Å². The number of hydrogen-bond donors (Lipinski definition) is 0. The van der Waals surface area contributed by atoms with Crippen LogP contribution in [0.25, 0.3) is 0 Å². The van der Waals surface area contributed by atoms with Gasteiger partial charge in [0.2, 0.25) is 5.22 Å². The average molecular weight is 197 g/mol. The third-order valence-corrected chi connectivity index (χ3v) is 1.94. The van der Waals surface area contributed by atoms with Gasteiger partial charge in [-0.15, -0.1) is 12.3 Å². The quantitative estimate of drug-likeness (QED) is 0.421. The van der Waals surface area contributed by atoms with Crippen LogP contribution in [-0.4, -0.2) is 5.78 Å². The lowest BCUT2D eigenvalue weighted by atomic mass is 10.1. The molecule has 0 spiro atoms. The van der Waals surface area contributed by atoms with Crippen molar-refractivity contribution in [3.8, 4) is 12.3 Å². The largest absolute Gasteiger partial charge is 0.452 e. The average Bonchev–Trinajstić information content (AvgIpc) is 2.52. The van der Waals surface area contributed by atoms with Crippen molar-refractivity contribution in [3.05, 3.63) is 23.1 Å². The summed E-state index contributed by atoms with van der Waals surface area (Å²) in [5.41, 5.74) is 0.443. The molecule has 0 atom stereocenters. The standard InChI is InChI=1S/C10H9ClO2/c1-2-3-4-5-9(12)8-6-7-13-10(8)11/h1,6-7H,3-5H2. The van der Waals surface area contributed by atoms with E-state index in [1.165, 1.54) is 6.26 Å². The van der Waals surface area contributed by atoms with Crippen molar-refractivity contribution < 1.29 is 9.21 Å².